The van der Waals surface area contributed by atoms with Crippen LogP contribution in [0.2, 0.25) is 0 Å². The van der Waals surface area contributed by atoms with Gasteiger partial charge in [0.05, 0.1) is 17.6 Å². The molecule has 0 bridgehead atoms. The highest BCUT2D eigenvalue weighted by Gasteiger charge is 2.12. The quantitative estimate of drug-likeness (QED) is 0.373. The Labute approximate surface area is 204 Å². The fraction of sp³-hybridized carbons (Fsp3) is 0.143. The van der Waals surface area contributed by atoms with Crippen LogP contribution in [0, 0.1) is 5.82 Å². The van der Waals surface area contributed by atoms with Crippen LogP contribution in [0.3, 0.4) is 0 Å². The first kappa shape index (κ1) is 23.8. The van der Waals surface area contributed by atoms with E-state index in [9.17, 15) is 4.39 Å². The number of fused-ring (bicyclic) bond motifs is 1. The first-order chi connectivity index (χ1) is 16.9. The van der Waals surface area contributed by atoms with Crippen molar-refractivity contribution in [3.05, 3.63) is 107 Å². The topological polar surface area (TPSA) is 80.9 Å². The molecule has 7 heteroatoms. The number of hydrogen-bond donors (Lipinski definition) is 1. The Balaban J connectivity index is 1.72. The number of allylic oxidation sites excluding steroid dienone is 3. The van der Waals surface area contributed by atoms with Gasteiger partial charge in [-0.15, -0.1) is 0 Å². The van der Waals surface area contributed by atoms with Crippen LogP contribution >= 0.6 is 0 Å². The van der Waals surface area contributed by atoms with Crippen molar-refractivity contribution in [2.45, 2.75) is 20.8 Å². The lowest BCUT2D eigenvalue weighted by Crippen LogP contribution is -2.06. The summed E-state index contributed by atoms with van der Waals surface area (Å²) in [7, 11) is 1.67. The van der Waals surface area contributed by atoms with Gasteiger partial charge in [-0.05, 0) is 73.9 Å². The van der Waals surface area contributed by atoms with Crippen LogP contribution in [0.25, 0.3) is 22.5 Å². The van der Waals surface area contributed by atoms with Gasteiger partial charge in [-0.3, -0.25) is 9.98 Å². The number of aliphatic imine (C=N–C) groups is 2. The van der Waals surface area contributed by atoms with Crippen LogP contribution in [0.1, 0.15) is 43.3 Å². The minimum atomic E-state index is -0.320. The molecule has 0 amide bonds. The Hall–Kier alpha value is -4.39. The predicted molar refractivity (Wildman–Crippen MR) is 142 cm³/mol. The molecule has 0 radical (unpaired) electrons. The lowest BCUT2D eigenvalue weighted by molar-refractivity contribution is 0.627. The molecule has 35 heavy (non-hydrogen) atoms. The van der Waals surface area contributed by atoms with Crippen LogP contribution < -0.4 is 5.73 Å². The maximum atomic E-state index is 13.4. The molecule has 0 aliphatic rings. The van der Waals surface area contributed by atoms with Crippen LogP contribution in [0.4, 0.5) is 4.39 Å². The van der Waals surface area contributed by atoms with Crippen LogP contribution in [-0.2, 0) is 0 Å². The lowest BCUT2D eigenvalue weighted by Gasteiger charge is -2.08. The minimum absolute atomic E-state index is 0.320. The van der Waals surface area contributed by atoms with Gasteiger partial charge in [0.15, 0.2) is 5.65 Å². The van der Waals surface area contributed by atoms with Crippen molar-refractivity contribution >= 4 is 34.4 Å². The molecule has 176 valence electrons. The van der Waals surface area contributed by atoms with Crippen molar-refractivity contribution in [1.82, 2.24) is 14.6 Å². The Morgan fingerprint density at radius 1 is 0.914 bits per heavy atom. The molecule has 2 heterocycles. The van der Waals surface area contributed by atoms with Crippen molar-refractivity contribution in [3.63, 3.8) is 0 Å². The van der Waals surface area contributed by atoms with E-state index in [2.05, 4.69) is 4.99 Å². The van der Waals surface area contributed by atoms with Gasteiger partial charge >= 0.3 is 0 Å². The van der Waals surface area contributed by atoms with E-state index >= 15 is 0 Å². The third-order valence-electron chi connectivity index (χ3n) is 5.75. The maximum absolute atomic E-state index is 13.4. The van der Waals surface area contributed by atoms with E-state index in [4.69, 9.17) is 20.8 Å². The second kappa shape index (κ2) is 10.3. The number of nitrogens with zero attached hydrogens (tertiary/aromatic N) is 5. The maximum Gasteiger partial charge on any atom is 0.154 e. The average molecular weight is 467 g/mol. The molecule has 0 aliphatic carbocycles. The molecule has 0 atom stereocenters. The normalized spacial score (nSPS) is 13.8. The summed E-state index contributed by atoms with van der Waals surface area (Å²) in [5.74, 6) is -0.320. The van der Waals surface area contributed by atoms with Gasteiger partial charge in [-0.1, -0.05) is 30.3 Å². The smallest absolute Gasteiger partial charge is 0.154 e. The van der Waals surface area contributed by atoms with Gasteiger partial charge in [-0.25, -0.2) is 13.9 Å². The van der Waals surface area contributed by atoms with Crippen molar-refractivity contribution in [1.29, 1.82) is 0 Å². The number of halogens is 1. The molecule has 0 unspecified atom stereocenters. The zero-order chi connectivity index (χ0) is 24.9. The van der Waals surface area contributed by atoms with Gasteiger partial charge < -0.3 is 5.73 Å². The van der Waals surface area contributed by atoms with E-state index in [0.29, 0.717) is 28.2 Å². The Kier molecular flexibility index (Phi) is 6.96. The third-order valence-corrected chi connectivity index (χ3v) is 5.75. The molecule has 4 rings (SSSR count). The number of nitrogens with two attached hydrogens (primary N) is 1. The summed E-state index contributed by atoms with van der Waals surface area (Å²) in [5.41, 5.74) is 14.2. The van der Waals surface area contributed by atoms with Crippen LogP contribution in [-0.4, -0.2) is 33.6 Å². The van der Waals surface area contributed by atoms with E-state index in [1.54, 1.807) is 29.9 Å². The summed E-state index contributed by atoms with van der Waals surface area (Å²) in [6.07, 6.45) is 3.53. The van der Waals surface area contributed by atoms with Crippen molar-refractivity contribution in [2.24, 2.45) is 15.7 Å². The molecular weight excluding hydrogens is 439 g/mol. The van der Waals surface area contributed by atoms with Gasteiger partial charge in [-0.2, -0.15) is 5.10 Å². The van der Waals surface area contributed by atoms with Gasteiger partial charge in [0.1, 0.15) is 5.82 Å². The summed E-state index contributed by atoms with van der Waals surface area (Å²) < 4.78 is 15.1. The average Bonchev–Trinajstić information content (AvgIpc) is 3.30. The standard InChI is InChI=1S/C28H27FN6/c1-18(19(2)32-20(3)21-8-6-5-7-9-21)26-17-35-27(33-26)15-14-25(34-35)24(16-31-4)28(30)22-10-12-23(29)13-11-22/h5-17H,30H2,1-4H3/b19-18+,28-24?,31-16?,32-20?. The number of hydrogen-bond acceptors (Lipinski definition) is 5. The van der Waals surface area contributed by atoms with E-state index in [1.807, 2.05) is 69.4 Å². The summed E-state index contributed by atoms with van der Waals surface area (Å²) in [5, 5.41) is 4.72. The first-order valence-electron chi connectivity index (χ1n) is 11.2. The molecule has 6 nitrogen and oxygen atoms in total. The largest absolute Gasteiger partial charge is 0.398 e. The van der Waals surface area contributed by atoms with Gasteiger partial charge in [0.2, 0.25) is 0 Å². The molecule has 0 fully saturated rings. The molecular formula is C28H27FN6. The molecule has 0 saturated carbocycles. The fourth-order valence-corrected chi connectivity index (χ4v) is 3.66. The van der Waals surface area contributed by atoms with Crippen molar-refractivity contribution < 1.29 is 4.39 Å². The predicted octanol–water partition coefficient (Wildman–Crippen LogP) is 5.66. The van der Waals surface area contributed by atoms with Gasteiger partial charge in [0.25, 0.3) is 0 Å². The Morgan fingerprint density at radius 2 is 1.63 bits per heavy atom. The summed E-state index contributed by atoms with van der Waals surface area (Å²) in [6.45, 7) is 5.98. The van der Waals surface area contributed by atoms with Gasteiger partial charge in [0, 0.05) is 35.9 Å². The SMILES string of the molecule is CN=CC(=C(N)c1ccc(F)cc1)c1ccc2nc(/C(C)=C(\C)N=C(C)c3ccccc3)cn2n1. The second-order valence-corrected chi connectivity index (χ2v) is 8.14. The molecule has 2 aromatic carbocycles. The minimum Gasteiger partial charge on any atom is -0.398 e. The Morgan fingerprint density at radius 3 is 2.31 bits per heavy atom. The van der Waals surface area contributed by atoms with E-state index in [0.717, 1.165) is 28.2 Å². The van der Waals surface area contributed by atoms with E-state index < -0.39 is 0 Å². The lowest BCUT2D eigenvalue weighted by atomic mass is 10.0. The number of rotatable bonds is 6. The Bertz CT molecular complexity index is 1480. The highest BCUT2D eigenvalue weighted by atomic mass is 19.1. The summed E-state index contributed by atoms with van der Waals surface area (Å²) >= 11 is 0. The number of benzene rings is 2. The molecule has 2 N–H and O–H groups in total. The van der Waals surface area contributed by atoms with E-state index in [-0.39, 0.29) is 5.82 Å². The highest BCUT2D eigenvalue weighted by Crippen LogP contribution is 2.23. The van der Waals surface area contributed by atoms with Crippen LogP contribution in [0.15, 0.2) is 88.6 Å². The fourth-order valence-electron chi connectivity index (χ4n) is 3.66. The first-order valence-corrected chi connectivity index (χ1v) is 11.2. The number of aromatic nitrogens is 3. The molecule has 4 aromatic rings. The monoisotopic (exact) mass is 466 g/mol. The van der Waals surface area contributed by atoms with Crippen LogP contribution in [0.5, 0.6) is 0 Å². The molecule has 0 spiro atoms. The second-order valence-electron chi connectivity index (χ2n) is 8.14. The zero-order valence-electron chi connectivity index (χ0n) is 20.2. The molecule has 0 aliphatic heterocycles. The summed E-state index contributed by atoms with van der Waals surface area (Å²) in [6, 6.07) is 19.8. The highest BCUT2D eigenvalue weighted by molar-refractivity contribution is 6.18. The van der Waals surface area contributed by atoms with Crippen molar-refractivity contribution in [3.8, 4) is 0 Å². The molecule has 0 saturated heterocycles. The third kappa shape index (κ3) is 5.24. The number of imidazole rings is 1. The summed E-state index contributed by atoms with van der Waals surface area (Å²) in [4.78, 5) is 13.7. The molecule has 2 aromatic heterocycles. The van der Waals surface area contributed by atoms with E-state index in [1.165, 1.54) is 12.1 Å². The van der Waals surface area contributed by atoms with Crippen molar-refractivity contribution in [2.75, 3.05) is 7.05 Å². The zero-order valence-corrected chi connectivity index (χ0v) is 20.2.